The molecule has 4 aromatic rings. The average Bonchev–Trinajstić information content (AvgIpc) is 3.42. The normalized spacial score (nSPS) is 11.3. The predicted molar refractivity (Wildman–Crippen MR) is 160 cm³/mol. The van der Waals surface area contributed by atoms with Crippen LogP contribution in [0.5, 0.6) is 0 Å². The lowest BCUT2D eigenvalue weighted by Crippen LogP contribution is -2.38. The zero-order valence-electron chi connectivity index (χ0n) is 21.7. The third-order valence-corrected chi connectivity index (χ3v) is 6.21. The van der Waals surface area contributed by atoms with Crippen molar-refractivity contribution < 1.29 is 4.79 Å². The molecule has 2 heterocycles. The lowest BCUT2D eigenvalue weighted by molar-refractivity contribution is -0.121. The molecule has 0 fully saturated rings. The van der Waals surface area contributed by atoms with Gasteiger partial charge in [-0.15, -0.1) is 29.9 Å². The number of halogens is 4. The van der Waals surface area contributed by atoms with E-state index in [0.29, 0.717) is 29.2 Å². The average molecular weight is 629 g/mol. The summed E-state index contributed by atoms with van der Waals surface area (Å²) in [7, 11) is 3.92. The molecule has 0 saturated heterocycles. The van der Waals surface area contributed by atoms with Crippen LogP contribution in [0.3, 0.4) is 0 Å². The van der Waals surface area contributed by atoms with Crippen LogP contribution in [-0.2, 0) is 24.3 Å². The summed E-state index contributed by atoms with van der Waals surface area (Å²) in [5.41, 5.74) is 2.00. The van der Waals surface area contributed by atoms with Gasteiger partial charge in [0.2, 0.25) is 5.91 Å². The van der Waals surface area contributed by atoms with Gasteiger partial charge in [-0.2, -0.15) is 0 Å². The molecule has 0 bridgehead atoms. The van der Waals surface area contributed by atoms with Crippen molar-refractivity contribution >= 4 is 59.7 Å². The maximum Gasteiger partial charge on any atom is 0.294 e. The Morgan fingerprint density at radius 1 is 1.10 bits per heavy atom. The van der Waals surface area contributed by atoms with E-state index >= 15 is 0 Å². The fraction of sp³-hybridized carbons (Fsp3) is 0.280. The molecule has 2 N–H and O–H groups in total. The zero-order valence-corrected chi connectivity index (χ0v) is 24.8. The largest absolute Gasteiger partial charge is 0.361 e. The highest BCUT2D eigenvalue weighted by Crippen LogP contribution is 2.19. The van der Waals surface area contributed by atoms with Crippen molar-refractivity contribution in [1.29, 1.82) is 0 Å². The summed E-state index contributed by atoms with van der Waals surface area (Å²) in [5, 5.41) is 17.8. The number of rotatable bonds is 11. The van der Waals surface area contributed by atoms with Crippen LogP contribution in [0.2, 0.25) is 10.2 Å². The number of anilines is 1. The molecule has 4 rings (SSSR count). The van der Waals surface area contributed by atoms with Crippen molar-refractivity contribution in [3.63, 3.8) is 0 Å². The van der Waals surface area contributed by atoms with Crippen molar-refractivity contribution in [2.75, 3.05) is 26.0 Å². The van der Waals surface area contributed by atoms with Crippen LogP contribution >= 0.6 is 48.0 Å². The van der Waals surface area contributed by atoms with Crippen molar-refractivity contribution in [1.82, 2.24) is 40.0 Å². The molecule has 2 aromatic heterocycles. The molecule has 40 heavy (non-hydrogen) atoms. The second kappa shape index (κ2) is 15.5. The molecule has 15 heteroatoms. The Morgan fingerprint density at radius 3 is 2.52 bits per heavy atom. The number of nitrogens with zero attached hydrogens (tertiary/aromatic N) is 7. The molecule has 0 aliphatic heterocycles. The van der Waals surface area contributed by atoms with Gasteiger partial charge in [0.05, 0.1) is 11.9 Å². The van der Waals surface area contributed by atoms with Crippen LogP contribution in [0.4, 0.5) is 5.82 Å². The summed E-state index contributed by atoms with van der Waals surface area (Å²) in [6, 6.07) is 15.1. The Labute approximate surface area is 253 Å². The van der Waals surface area contributed by atoms with E-state index in [4.69, 9.17) is 23.2 Å². The summed E-state index contributed by atoms with van der Waals surface area (Å²) in [5.74, 6) is -0.288. The Hall–Kier alpha value is -3.22. The molecular weight excluding hydrogens is 600 g/mol. The molecule has 0 radical (unpaired) electrons. The van der Waals surface area contributed by atoms with Gasteiger partial charge in [0.25, 0.3) is 5.56 Å². The standard InChI is InChI=1S/C25H27Cl2N9O2.2ClH/c1-34(2)14-20(10-17-6-4-3-5-7-17)31-24-25(38)35(22(27)13-29-24)15-23(37)28-12-18-11-19(26)8-9-21(18)36-16-30-32-33-36;;/h3-9,11,13,16,20H,10,12,14-15H2,1-2H3,(H,28,37)(H,29,31);2*1H/t20-;;/m0../s1. The van der Waals surface area contributed by atoms with E-state index in [1.54, 1.807) is 18.2 Å². The molecule has 0 aliphatic rings. The van der Waals surface area contributed by atoms with Crippen molar-refractivity contribution in [2.24, 2.45) is 0 Å². The maximum atomic E-state index is 13.2. The Morgan fingerprint density at radius 2 is 1.85 bits per heavy atom. The van der Waals surface area contributed by atoms with Crippen LogP contribution in [0.25, 0.3) is 5.69 Å². The molecule has 0 unspecified atom stereocenters. The molecule has 214 valence electrons. The predicted octanol–water partition coefficient (Wildman–Crippen LogP) is 3.27. The number of carbonyl (C=O) groups excluding carboxylic acids is 1. The number of hydrogen-bond donors (Lipinski definition) is 2. The Bertz CT molecular complexity index is 1430. The third-order valence-electron chi connectivity index (χ3n) is 5.67. The van der Waals surface area contributed by atoms with Crippen molar-refractivity contribution in [2.45, 2.75) is 25.6 Å². The Kier molecular flexibility index (Phi) is 12.8. The van der Waals surface area contributed by atoms with Gasteiger partial charge >= 0.3 is 0 Å². The van der Waals surface area contributed by atoms with Gasteiger partial charge in [0, 0.05) is 24.2 Å². The fourth-order valence-electron chi connectivity index (χ4n) is 3.99. The van der Waals surface area contributed by atoms with Gasteiger partial charge in [0.1, 0.15) is 18.0 Å². The minimum Gasteiger partial charge on any atom is -0.361 e. The van der Waals surface area contributed by atoms with Gasteiger partial charge in [0.15, 0.2) is 5.82 Å². The first-order chi connectivity index (χ1) is 18.3. The number of amides is 1. The highest BCUT2D eigenvalue weighted by atomic mass is 35.5. The molecule has 2 aromatic carbocycles. The second-order valence-corrected chi connectivity index (χ2v) is 9.74. The van der Waals surface area contributed by atoms with E-state index < -0.39 is 11.5 Å². The third kappa shape index (κ3) is 8.90. The van der Waals surface area contributed by atoms with Gasteiger partial charge in [-0.25, -0.2) is 9.67 Å². The minimum atomic E-state index is -0.485. The Balaban J connectivity index is 0.00000280. The molecule has 0 saturated carbocycles. The molecule has 1 amide bonds. The highest BCUT2D eigenvalue weighted by Gasteiger charge is 2.18. The number of tetrazole rings is 1. The topological polar surface area (TPSA) is 123 Å². The van der Waals surface area contributed by atoms with E-state index in [1.165, 1.54) is 21.8 Å². The summed E-state index contributed by atoms with van der Waals surface area (Å²) in [4.78, 5) is 32.3. The van der Waals surface area contributed by atoms with Gasteiger partial charge in [-0.05, 0) is 60.3 Å². The van der Waals surface area contributed by atoms with E-state index in [0.717, 1.165) is 5.56 Å². The van der Waals surface area contributed by atoms with Crippen LogP contribution in [-0.4, -0.2) is 67.2 Å². The lowest BCUT2D eigenvalue weighted by Gasteiger charge is -2.23. The van der Waals surface area contributed by atoms with Crippen LogP contribution in [0, 0.1) is 0 Å². The molecule has 0 spiro atoms. The van der Waals surface area contributed by atoms with E-state index in [1.807, 2.05) is 49.3 Å². The molecule has 11 nitrogen and oxygen atoms in total. The smallest absolute Gasteiger partial charge is 0.294 e. The molecular formula is C25H29Cl4N9O2. The van der Waals surface area contributed by atoms with Gasteiger partial charge in [-0.1, -0.05) is 53.5 Å². The number of benzene rings is 2. The number of likely N-dealkylation sites (N-methyl/N-ethyl adjacent to an activating group) is 1. The lowest BCUT2D eigenvalue weighted by atomic mass is 10.1. The summed E-state index contributed by atoms with van der Waals surface area (Å²) < 4.78 is 2.65. The number of nitrogens with one attached hydrogen (secondary N) is 2. The van der Waals surface area contributed by atoms with E-state index in [-0.39, 0.29) is 54.9 Å². The highest BCUT2D eigenvalue weighted by molar-refractivity contribution is 6.30. The van der Waals surface area contributed by atoms with Crippen LogP contribution in [0.15, 0.2) is 65.8 Å². The molecule has 0 aliphatic carbocycles. The van der Waals surface area contributed by atoms with E-state index in [2.05, 4.69) is 31.1 Å². The molecule has 1 atom stereocenters. The monoisotopic (exact) mass is 627 g/mol. The fourth-order valence-corrected chi connectivity index (χ4v) is 4.37. The summed E-state index contributed by atoms with van der Waals surface area (Å²) >= 11 is 12.4. The van der Waals surface area contributed by atoms with Crippen molar-refractivity contribution in [3.05, 3.63) is 92.7 Å². The number of aromatic nitrogens is 6. The first kappa shape index (κ1) is 33.0. The van der Waals surface area contributed by atoms with E-state index in [9.17, 15) is 9.59 Å². The first-order valence-corrected chi connectivity index (χ1v) is 12.5. The van der Waals surface area contributed by atoms with Crippen molar-refractivity contribution in [3.8, 4) is 5.69 Å². The maximum absolute atomic E-state index is 13.2. The minimum absolute atomic E-state index is 0. The van der Waals surface area contributed by atoms with Crippen LogP contribution < -0.4 is 16.2 Å². The van der Waals surface area contributed by atoms with Gasteiger partial charge in [-0.3, -0.25) is 14.2 Å². The van der Waals surface area contributed by atoms with Crippen LogP contribution in [0.1, 0.15) is 11.1 Å². The van der Waals surface area contributed by atoms with Gasteiger partial charge < -0.3 is 15.5 Å². The number of carbonyl (C=O) groups is 1. The second-order valence-electron chi connectivity index (χ2n) is 8.92. The number of hydrogen-bond acceptors (Lipinski definition) is 8. The SMILES string of the molecule is CN(C)C[C@H](Cc1ccccc1)Nc1ncc(Cl)n(CC(=O)NCc2cc(Cl)ccc2-n2cnnn2)c1=O.Cl.Cl. The quantitative estimate of drug-likeness (QED) is 0.259. The summed E-state index contributed by atoms with van der Waals surface area (Å²) in [6.07, 6.45) is 3.49. The summed E-state index contributed by atoms with van der Waals surface area (Å²) in [6.45, 7) is 0.522. The zero-order chi connectivity index (χ0) is 27.1. The first-order valence-electron chi connectivity index (χ1n) is 11.8.